The lowest BCUT2D eigenvalue weighted by atomic mass is 9.76. The Hall–Kier alpha value is -3.22. The molecule has 0 amide bonds. The quantitative estimate of drug-likeness (QED) is 0.303. The molecule has 204 valence electrons. The van der Waals surface area contributed by atoms with Crippen LogP contribution in [0.3, 0.4) is 0 Å². The van der Waals surface area contributed by atoms with Crippen molar-refractivity contribution in [1.29, 1.82) is 0 Å². The largest absolute Gasteiger partial charge is 0.458 e. The Labute approximate surface area is 224 Å². The van der Waals surface area contributed by atoms with Crippen molar-refractivity contribution in [2.24, 2.45) is 29.1 Å². The van der Waals surface area contributed by atoms with Crippen LogP contribution >= 0.6 is 0 Å². The highest BCUT2D eigenvalue weighted by Gasteiger charge is 2.65. The molecule has 0 heterocycles. The first kappa shape index (κ1) is 27.8. The molecule has 0 N–H and O–H groups in total. The third-order valence-corrected chi connectivity index (χ3v) is 8.77. The van der Waals surface area contributed by atoms with E-state index in [2.05, 4.69) is 20.4 Å². The number of fused-ring (bicyclic) bond motifs is 2. The number of allylic oxidation sites excluding steroid dienone is 1. The highest BCUT2D eigenvalue weighted by atomic mass is 16.6. The van der Waals surface area contributed by atoms with Crippen LogP contribution in [0.5, 0.6) is 0 Å². The molecule has 0 radical (unpaired) electrons. The van der Waals surface area contributed by atoms with E-state index in [0.29, 0.717) is 29.0 Å². The predicted octanol–water partition coefficient (Wildman–Crippen LogP) is 5.24. The molecule has 1 aromatic carbocycles. The van der Waals surface area contributed by atoms with Crippen LogP contribution in [0.1, 0.15) is 71.2 Å². The third-order valence-electron chi connectivity index (χ3n) is 8.77. The van der Waals surface area contributed by atoms with Gasteiger partial charge in [-0.15, -0.1) is 0 Å². The number of rotatable bonds is 4. The van der Waals surface area contributed by atoms with Crippen LogP contribution in [0, 0.1) is 29.1 Å². The van der Waals surface area contributed by atoms with Crippen molar-refractivity contribution in [1.82, 2.24) is 0 Å². The lowest BCUT2D eigenvalue weighted by Crippen LogP contribution is -2.55. The fourth-order valence-electron chi connectivity index (χ4n) is 6.80. The van der Waals surface area contributed by atoms with E-state index >= 15 is 0 Å². The smallest absolute Gasteiger partial charge is 0.338 e. The van der Waals surface area contributed by atoms with E-state index in [1.807, 2.05) is 13.0 Å². The molecule has 38 heavy (non-hydrogen) atoms. The van der Waals surface area contributed by atoms with Gasteiger partial charge < -0.3 is 14.2 Å². The van der Waals surface area contributed by atoms with E-state index < -0.39 is 41.6 Å². The second kappa shape index (κ2) is 10.2. The van der Waals surface area contributed by atoms with Crippen molar-refractivity contribution in [2.45, 2.75) is 78.6 Å². The van der Waals surface area contributed by atoms with E-state index in [9.17, 15) is 19.2 Å². The molecule has 0 bridgehead atoms. The molecule has 3 aliphatic rings. The first-order chi connectivity index (χ1) is 17.8. The number of benzene rings is 1. The number of ketones is 1. The number of hydrogen-bond acceptors (Lipinski definition) is 7. The van der Waals surface area contributed by atoms with E-state index in [-0.39, 0.29) is 29.5 Å². The molecule has 1 unspecified atom stereocenters. The summed E-state index contributed by atoms with van der Waals surface area (Å²) < 4.78 is 17.9. The van der Waals surface area contributed by atoms with E-state index in [1.54, 1.807) is 37.3 Å². The molecule has 1 aromatic rings. The zero-order chi connectivity index (χ0) is 28.0. The first-order valence-corrected chi connectivity index (χ1v) is 13.3. The Morgan fingerprint density at radius 1 is 1.03 bits per heavy atom. The van der Waals surface area contributed by atoms with E-state index in [0.717, 1.165) is 6.42 Å². The van der Waals surface area contributed by atoms with Crippen LogP contribution in [0.25, 0.3) is 0 Å². The van der Waals surface area contributed by atoms with Crippen LogP contribution in [0.4, 0.5) is 0 Å². The molecule has 2 fully saturated rings. The van der Waals surface area contributed by atoms with Gasteiger partial charge in [0.05, 0.1) is 11.5 Å². The molecular formula is C31H38O7. The van der Waals surface area contributed by atoms with Crippen LogP contribution in [-0.4, -0.2) is 41.5 Å². The molecule has 4 rings (SSSR count). The zero-order valence-corrected chi connectivity index (χ0v) is 23.1. The molecule has 0 spiro atoms. The highest BCUT2D eigenvalue weighted by Crippen LogP contribution is 2.62. The number of carbonyl (C=O) groups is 4. The monoisotopic (exact) mass is 522 g/mol. The van der Waals surface area contributed by atoms with Gasteiger partial charge in [-0.1, -0.05) is 51.6 Å². The minimum absolute atomic E-state index is 0.0165. The predicted molar refractivity (Wildman–Crippen MR) is 141 cm³/mol. The van der Waals surface area contributed by atoms with Gasteiger partial charge in [-0.05, 0) is 66.2 Å². The summed E-state index contributed by atoms with van der Waals surface area (Å²) in [5.41, 5.74) is -0.203. The summed E-state index contributed by atoms with van der Waals surface area (Å²) in [6.45, 7) is 14.8. The van der Waals surface area contributed by atoms with Gasteiger partial charge >= 0.3 is 17.9 Å². The molecule has 0 saturated heterocycles. The Kier molecular flexibility index (Phi) is 7.43. The van der Waals surface area contributed by atoms with Crippen molar-refractivity contribution in [2.75, 3.05) is 0 Å². The third kappa shape index (κ3) is 4.95. The normalized spacial score (nSPS) is 35.5. The molecule has 7 atom stereocenters. The minimum Gasteiger partial charge on any atom is -0.458 e. The van der Waals surface area contributed by atoms with Gasteiger partial charge in [0, 0.05) is 20.3 Å². The molecule has 0 aliphatic heterocycles. The van der Waals surface area contributed by atoms with Gasteiger partial charge in [-0.3, -0.25) is 14.4 Å². The van der Waals surface area contributed by atoms with Crippen LogP contribution in [0.2, 0.25) is 0 Å². The Bertz CT molecular complexity index is 1180. The SMILES string of the molecule is C=C1CC[C@H]2[C@@H](/C=C(\C)C(=O)[C@@]3(OC(C)=O)C[C@@H](C)[C@H](OC(=O)c4ccccc4)[C@@H]3C1OC(C)=O)C2(C)C. The average Bonchev–Trinajstić information content (AvgIpc) is 3.24. The van der Waals surface area contributed by atoms with Crippen molar-refractivity contribution >= 4 is 23.7 Å². The Balaban J connectivity index is 1.87. The molecule has 0 aromatic heterocycles. The maximum atomic E-state index is 14.3. The molecular weight excluding hydrogens is 484 g/mol. The minimum atomic E-state index is -1.69. The summed E-state index contributed by atoms with van der Waals surface area (Å²) in [6.07, 6.45) is 1.63. The molecule has 2 saturated carbocycles. The van der Waals surface area contributed by atoms with Gasteiger partial charge in [0.1, 0.15) is 12.2 Å². The van der Waals surface area contributed by atoms with Crippen LogP contribution in [0.15, 0.2) is 54.1 Å². The maximum absolute atomic E-state index is 14.3. The first-order valence-electron chi connectivity index (χ1n) is 13.3. The van der Waals surface area contributed by atoms with Crippen molar-refractivity contribution in [3.8, 4) is 0 Å². The lowest BCUT2D eigenvalue weighted by molar-refractivity contribution is -0.179. The van der Waals surface area contributed by atoms with Crippen molar-refractivity contribution in [3.63, 3.8) is 0 Å². The number of hydrogen-bond donors (Lipinski definition) is 0. The van der Waals surface area contributed by atoms with E-state index in [1.165, 1.54) is 13.8 Å². The summed E-state index contributed by atoms with van der Waals surface area (Å²) in [4.78, 5) is 52.4. The number of carbonyl (C=O) groups excluding carboxylic acids is 4. The van der Waals surface area contributed by atoms with Gasteiger partial charge in [0.15, 0.2) is 5.60 Å². The summed E-state index contributed by atoms with van der Waals surface area (Å²) in [5, 5.41) is 0. The highest BCUT2D eigenvalue weighted by molar-refractivity contribution is 6.03. The summed E-state index contributed by atoms with van der Waals surface area (Å²) in [7, 11) is 0. The van der Waals surface area contributed by atoms with Gasteiger partial charge in [0.2, 0.25) is 5.78 Å². The number of esters is 3. The number of ether oxygens (including phenoxy) is 3. The topological polar surface area (TPSA) is 96.0 Å². The summed E-state index contributed by atoms with van der Waals surface area (Å²) in [6, 6.07) is 8.56. The molecule has 7 nitrogen and oxygen atoms in total. The summed E-state index contributed by atoms with van der Waals surface area (Å²) >= 11 is 0. The van der Waals surface area contributed by atoms with Crippen LogP contribution in [-0.2, 0) is 28.6 Å². The summed E-state index contributed by atoms with van der Waals surface area (Å²) in [5.74, 6) is -2.89. The molecule has 7 heteroatoms. The second-order valence-corrected chi connectivity index (χ2v) is 11.8. The average molecular weight is 523 g/mol. The van der Waals surface area contributed by atoms with Crippen molar-refractivity contribution < 1.29 is 33.4 Å². The van der Waals surface area contributed by atoms with Crippen molar-refractivity contribution in [3.05, 3.63) is 59.7 Å². The molecule has 3 aliphatic carbocycles. The Morgan fingerprint density at radius 3 is 2.29 bits per heavy atom. The van der Waals surface area contributed by atoms with Gasteiger partial charge in [-0.2, -0.15) is 0 Å². The number of Topliss-reactive ketones (excluding diaryl/α,β-unsaturated/α-hetero) is 1. The van der Waals surface area contributed by atoms with E-state index in [4.69, 9.17) is 14.2 Å². The second-order valence-electron chi connectivity index (χ2n) is 11.8. The standard InChI is InChI=1S/C31H38O7/c1-17-13-14-23-24(30(23,6)7)15-18(2)28(34)31(38-21(5)33)16-19(3)27(25(31)26(17)36-20(4)32)37-29(35)22-11-9-8-10-12-22/h8-12,15,19,23-27H,1,13-14,16H2,2-7H3/b18-15+/t19-,23+,24-,25+,26?,27+,31-/m1/s1. The Morgan fingerprint density at radius 2 is 1.68 bits per heavy atom. The fraction of sp³-hybridized carbons (Fsp3) is 0.548. The fourth-order valence-corrected chi connectivity index (χ4v) is 6.80. The van der Waals surface area contributed by atoms with Gasteiger partial charge in [-0.25, -0.2) is 4.79 Å². The maximum Gasteiger partial charge on any atom is 0.338 e. The van der Waals surface area contributed by atoms with Gasteiger partial charge in [0.25, 0.3) is 0 Å². The van der Waals surface area contributed by atoms with Crippen LogP contribution < -0.4 is 0 Å². The lowest BCUT2D eigenvalue weighted by Gasteiger charge is -2.39. The zero-order valence-electron chi connectivity index (χ0n) is 23.1.